The lowest BCUT2D eigenvalue weighted by Crippen LogP contribution is -2.59. The minimum atomic E-state index is -0.468. The number of hydrogen-bond acceptors (Lipinski definition) is 2. The van der Waals surface area contributed by atoms with Gasteiger partial charge in [-0.3, -0.25) is 0 Å². The number of methoxy groups -OCH3 is 1. The first-order valence-electron chi connectivity index (χ1n) is 10.7. The predicted octanol–water partition coefficient (Wildman–Crippen LogP) is 5.35. The zero-order valence-electron chi connectivity index (χ0n) is 17.0. The van der Waals surface area contributed by atoms with Crippen molar-refractivity contribution in [1.29, 1.82) is 0 Å². The van der Waals surface area contributed by atoms with Crippen molar-refractivity contribution in [2.45, 2.75) is 90.8 Å². The lowest BCUT2D eigenvalue weighted by Gasteiger charge is -2.63. The molecule has 0 radical (unpaired) electrons. The van der Waals surface area contributed by atoms with Crippen LogP contribution in [0.5, 0.6) is 0 Å². The fraction of sp³-hybridized carbons (Fsp3) is 0.913. The monoisotopic (exact) mass is 346 g/mol. The van der Waals surface area contributed by atoms with E-state index >= 15 is 0 Å². The van der Waals surface area contributed by atoms with Crippen LogP contribution in [0.15, 0.2) is 11.6 Å². The van der Waals surface area contributed by atoms with Crippen LogP contribution in [-0.4, -0.2) is 23.9 Å². The van der Waals surface area contributed by atoms with Gasteiger partial charge in [-0.2, -0.15) is 0 Å². The van der Waals surface area contributed by atoms with E-state index in [1.54, 1.807) is 5.57 Å². The van der Waals surface area contributed by atoms with Crippen LogP contribution >= 0.6 is 0 Å². The topological polar surface area (TPSA) is 29.5 Å². The number of ether oxygens (including phenoxy) is 1. The van der Waals surface area contributed by atoms with Crippen LogP contribution in [0.4, 0.5) is 0 Å². The minimum absolute atomic E-state index is 0.387. The van der Waals surface area contributed by atoms with E-state index < -0.39 is 5.60 Å². The summed E-state index contributed by atoms with van der Waals surface area (Å²) in [6.45, 7) is 9.39. The predicted molar refractivity (Wildman–Crippen MR) is 102 cm³/mol. The van der Waals surface area contributed by atoms with Crippen molar-refractivity contribution in [1.82, 2.24) is 0 Å². The van der Waals surface area contributed by atoms with Crippen molar-refractivity contribution in [2.75, 3.05) is 7.11 Å². The molecule has 0 unspecified atom stereocenters. The summed E-state index contributed by atoms with van der Waals surface area (Å²) in [6.07, 6.45) is 12.5. The Kier molecular flexibility index (Phi) is 4.21. The Bertz CT molecular complexity index is 564. The van der Waals surface area contributed by atoms with E-state index in [4.69, 9.17) is 4.74 Å². The third-order valence-electron chi connectivity index (χ3n) is 9.45. The third-order valence-corrected chi connectivity index (χ3v) is 9.45. The molecule has 0 heterocycles. The summed E-state index contributed by atoms with van der Waals surface area (Å²) >= 11 is 0. The number of rotatable bonds is 1. The summed E-state index contributed by atoms with van der Waals surface area (Å²) in [5.74, 6) is 2.91. The van der Waals surface area contributed by atoms with Gasteiger partial charge in [0.2, 0.25) is 0 Å². The van der Waals surface area contributed by atoms with Gasteiger partial charge in [0.15, 0.2) is 0 Å². The van der Waals surface area contributed by atoms with Gasteiger partial charge in [0.1, 0.15) is 0 Å². The molecule has 4 fully saturated rings. The van der Waals surface area contributed by atoms with Crippen molar-refractivity contribution in [3.8, 4) is 0 Å². The van der Waals surface area contributed by atoms with Gasteiger partial charge in [-0.15, -0.1) is 0 Å². The van der Waals surface area contributed by atoms with Crippen LogP contribution in [0, 0.1) is 34.5 Å². The Balaban J connectivity index is 1.70. The molecule has 8 atom stereocenters. The van der Waals surface area contributed by atoms with Crippen molar-refractivity contribution in [2.24, 2.45) is 34.5 Å². The first kappa shape index (κ1) is 18.0. The normalized spacial score (nSPS) is 57.0. The third kappa shape index (κ3) is 2.50. The molecule has 4 rings (SSSR count). The number of aliphatic hydroxyl groups is 1. The van der Waals surface area contributed by atoms with Gasteiger partial charge < -0.3 is 9.84 Å². The van der Waals surface area contributed by atoms with Gasteiger partial charge in [-0.05, 0) is 99.7 Å². The highest BCUT2D eigenvalue weighted by molar-refractivity contribution is 5.24. The summed E-state index contributed by atoms with van der Waals surface area (Å²) in [6, 6.07) is 0. The van der Waals surface area contributed by atoms with E-state index in [1.807, 2.05) is 14.0 Å². The highest BCUT2D eigenvalue weighted by atomic mass is 16.5. The summed E-state index contributed by atoms with van der Waals surface area (Å²) in [5.41, 5.74) is 2.06. The van der Waals surface area contributed by atoms with E-state index in [1.165, 1.54) is 32.1 Å². The fourth-order valence-corrected chi connectivity index (χ4v) is 7.95. The molecule has 0 aromatic heterocycles. The molecule has 0 bridgehead atoms. The van der Waals surface area contributed by atoms with Crippen molar-refractivity contribution in [3.63, 3.8) is 0 Å². The molecule has 4 saturated carbocycles. The number of allylic oxidation sites excluding steroid dienone is 2. The SMILES string of the molecule is C/C=C1/CC[C@H]2[C@@H]3[C@H](OC)C[C@H]4C[C@](C)(O)CC[C@]4(C)[C@H]3CC[C@]12C. The molecule has 0 aromatic rings. The van der Waals surface area contributed by atoms with Crippen LogP contribution in [-0.2, 0) is 4.74 Å². The lowest BCUT2D eigenvalue weighted by molar-refractivity contribution is -0.185. The van der Waals surface area contributed by atoms with Gasteiger partial charge in [-0.25, -0.2) is 0 Å². The van der Waals surface area contributed by atoms with Gasteiger partial charge >= 0.3 is 0 Å². The summed E-state index contributed by atoms with van der Waals surface area (Å²) in [7, 11) is 1.93. The van der Waals surface area contributed by atoms with Crippen LogP contribution in [0.25, 0.3) is 0 Å². The van der Waals surface area contributed by atoms with Crippen molar-refractivity contribution < 1.29 is 9.84 Å². The molecule has 142 valence electrons. The summed E-state index contributed by atoms with van der Waals surface area (Å²) < 4.78 is 6.14. The fourth-order valence-electron chi connectivity index (χ4n) is 7.95. The highest BCUT2D eigenvalue weighted by Crippen LogP contribution is 2.68. The Hall–Kier alpha value is -0.340. The molecular weight excluding hydrogens is 308 g/mol. The van der Waals surface area contributed by atoms with Gasteiger partial charge in [0.25, 0.3) is 0 Å². The van der Waals surface area contributed by atoms with Crippen molar-refractivity contribution in [3.05, 3.63) is 11.6 Å². The minimum Gasteiger partial charge on any atom is -0.390 e. The van der Waals surface area contributed by atoms with E-state index in [0.717, 1.165) is 31.1 Å². The molecule has 0 aliphatic heterocycles. The molecule has 0 spiro atoms. The molecule has 0 amide bonds. The van der Waals surface area contributed by atoms with Crippen LogP contribution < -0.4 is 0 Å². The molecule has 4 aliphatic rings. The average molecular weight is 347 g/mol. The largest absolute Gasteiger partial charge is 0.390 e. The van der Waals surface area contributed by atoms with Crippen molar-refractivity contribution >= 4 is 0 Å². The molecule has 4 aliphatic carbocycles. The maximum atomic E-state index is 10.7. The molecule has 25 heavy (non-hydrogen) atoms. The van der Waals surface area contributed by atoms with Gasteiger partial charge in [-0.1, -0.05) is 25.5 Å². The molecule has 0 aromatic carbocycles. The lowest BCUT2D eigenvalue weighted by atomic mass is 9.43. The van der Waals surface area contributed by atoms with Gasteiger partial charge in [0, 0.05) is 7.11 Å². The smallest absolute Gasteiger partial charge is 0.0622 e. The first-order valence-corrected chi connectivity index (χ1v) is 10.7. The second kappa shape index (κ2) is 5.83. The maximum absolute atomic E-state index is 10.7. The second-order valence-electron chi connectivity index (χ2n) is 10.5. The summed E-state index contributed by atoms with van der Waals surface area (Å²) in [4.78, 5) is 0. The standard InChI is InChI=1S/C23H38O2/c1-6-15-7-8-17-20-18(9-10-22(15,17)3)23(4)12-11-21(2,24)14-16(23)13-19(20)25-5/h6,16-20,24H,7-14H2,1-5H3/b15-6-/t16-,17-,18-,19+,20-,21+,22+,23-/m0/s1. The van der Waals surface area contributed by atoms with Gasteiger partial charge in [0.05, 0.1) is 11.7 Å². The number of fused-ring (bicyclic) bond motifs is 5. The Morgan fingerprint density at radius 2 is 1.84 bits per heavy atom. The average Bonchev–Trinajstić information content (AvgIpc) is 2.91. The van der Waals surface area contributed by atoms with E-state index in [0.29, 0.717) is 28.8 Å². The van der Waals surface area contributed by atoms with Crippen LogP contribution in [0.1, 0.15) is 79.1 Å². The van der Waals surface area contributed by atoms with Crippen LogP contribution in [0.3, 0.4) is 0 Å². The summed E-state index contributed by atoms with van der Waals surface area (Å²) in [5, 5.41) is 10.7. The maximum Gasteiger partial charge on any atom is 0.0622 e. The number of hydrogen-bond donors (Lipinski definition) is 1. The zero-order valence-corrected chi connectivity index (χ0v) is 17.0. The Morgan fingerprint density at radius 1 is 1.08 bits per heavy atom. The quantitative estimate of drug-likeness (QED) is 0.648. The Labute approximate surface area is 154 Å². The first-order chi connectivity index (χ1) is 11.7. The molecule has 0 saturated heterocycles. The zero-order chi connectivity index (χ0) is 18.0. The molecule has 2 nitrogen and oxygen atoms in total. The van der Waals surface area contributed by atoms with E-state index in [9.17, 15) is 5.11 Å². The molecule has 2 heteroatoms. The molecular formula is C23H38O2. The molecule has 1 N–H and O–H groups in total. The van der Waals surface area contributed by atoms with E-state index in [-0.39, 0.29) is 0 Å². The van der Waals surface area contributed by atoms with Crippen LogP contribution in [0.2, 0.25) is 0 Å². The highest BCUT2D eigenvalue weighted by Gasteiger charge is 2.62. The van der Waals surface area contributed by atoms with E-state index in [2.05, 4.69) is 26.8 Å². The second-order valence-corrected chi connectivity index (χ2v) is 10.5. The Morgan fingerprint density at radius 3 is 2.52 bits per heavy atom.